The maximum absolute atomic E-state index is 13.0. The predicted molar refractivity (Wildman–Crippen MR) is 149 cm³/mol. The maximum Gasteiger partial charge on any atom is 0.339 e. The number of carbonyl (C=O) groups is 1. The van der Waals surface area contributed by atoms with Crippen LogP contribution in [0.15, 0.2) is 107 Å². The third kappa shape index (κ3) is 7.04. The van der Waals surface area contributed by atoms with E-state index >= 15 is 0 Å². The van der Waals surface area contributed by atoms with Crippen molar-refractivity contribution >= 4 is 27.4 Å². The largest absolute Gasteiger partial charge is 0.507 e. The summed E-state index contributed by atoms with van der Waals surface area (Å²) in [7, 11) is -3.95. The number of aromatic hydroxyl groups is 1. The van der Waals surface area contributed by atoms with Crippen molar-refractivity contribution in [2.24, 2.45) is 0 Å². The quantitative estimate of drug-likeness (QED) is 0.200. The molecule has 4 rings (SSSR count). The van der Waals surface area contributed by atoms with Crippen LogP contribution in [0, 0.1) is 0 Å². The molecule has 4 aromatic rings. The summed E-state index contributed by atoms with van der Waals surface area (Å²) in [4.78, 5) is 10.9. The Hall–Kier alpha value is -3.69. The van der Waals surface area contributed by atoms with E-state index in [0.717, 1.165) is 29.3 Å². The molecule has 0 amide bonds. The molecule has 0 bridgehead atoms. The summed E-state index contributed by atoms with van der Waals surface area (Å²) in [6.45, 7) is 0.533. The van der Waals surface area contributed by atoms with Gasteiger partial charge in [-0.05, 0) is 78.5 Å². The molecule has 0 aliphatic carbocycles. The van der Waals surface area contributed by atoms with Crippen molar-refractivity contribution in [3.63, 3.8) is 0 Å². The second kappa shape index (κ2) is 12.4. The first-order valence-corrected chi connectivity index (χ1v) is 14.1. The van der Waals surface area contributed by atoms with E-state index in [1.54, 1.807) is 30.3 Å². The van der Waals surface area contributed by atoms with E-state index in [2.05, 4.69) is 5.32 Å². The molecule has 7 nitrogen and oxygen atoms in total. The van der Waals surface area contributed by atoms with Gasteiger partial charge >= 0.3 is 5.97 Å². The van der Waals surface area contributed by atoms with Crippen LogP contribution in [-0.2, 0) is 22.7 Å². The molecule has 0 aliphatic rings. The lowest BCUT2D eigenvalue weighted by Crippen LogP contribution is -2.38. The molecule has 0 radical (unpaired) electrons. The minimum absolute atomic E-state index is 0.0278. The van der Waals surface area contributed by atoms with E-state index in [-0.39, 0.29) is 21.4 Å². The Labute approximate surface area is 232 Å². The summed E-state index contributed by atoms with van der Waals surface area (Å²) < 4.78 is 26.0. The molecule has 1 unspecified atom stereocenters. The topological polar surface area (TPSA) is 124 Å². The first-order chi connectivity index (χ1) is 18.6. The number of hydrogen-bond acceptors (Lipinski definition) is 6. The summed E-state index contributed by atoms with van der Waals surface area (Å²) in [6.07, 6.45) is 0.390. The molecule has 202 valence electrons. The summed E-state index contributed by atoms with van der Waals surface area (Å²) in [6, 6.07) is 26.3. The highest BCUT2D eigenvalue weighted by molar-refractivity contribution is 7.91. The monoisotopic (exact) mass is 565 g/mol. The van der Waals surface area contributed by atoms with Crippen molar-refractivity contribution in [3.05, 3.63) is 124 Å². The molecule has 0 fully saturated rings. The zero-order chi connectivity index (χ0) is 28.0. The van der Waals surface area contributed by atoms with Gasteiger partial charge in [-0.2, -0.15) is 0 Å². The normalized spacial score (nSPS) is 13.1. The SMILES string of the molecule is O=C(O)c1ccc(S(=O)(=O)c2ccc(CCNC(Cc3ccccc3)[C@H](O)c3cccc(Cl)c3)cc2)cc1O. The summed E-state index contributed by atoms with van der Waals surface area (Å²) in [5.74, 6) is -1.96. The first-order valence-electron chi connectivity index (χ1n) is 12.3. The number of halogens is 1. The number of carboxylic acids is 1. The number of nitrogens with one attached hydrogen (secondary N) is 1. The number of carboxylic acid groups (broad SMARTS) is 1. The predicted octanol–water partition coefficient (Wildman–Crippen LogP) is 5.05. The van der Waals surface area contributed by atoms with Crippen LogP contribution in [0.5, 0.6) is 5.75 Å². The molecule has 0 heterocycles. The number of rotatable bonds is 11. The molecule has 0 saturated carbocycles. The molecule has 0 spiro atoms. The van der Waals surface area contributed by atoms with Crippen molar-refractivity contribution in [1.82, 2.24) is 5.32 Å². The Morgan fingerprint density at radius 3 is 2.18 bits per heavy atom. The number of aliphatic hydroxyl groups is 1. The van der Waals surface area contributed by atoms with Gasteiger partial charge in [0.25, 0.3) is 0 Å². The van der Waals surface area contributed by atoms with E-state index in [1.807, 2.05) is 36.4 Å². The average molecular weight is 566 g/mol. The number of aromatic carboxylic acids is 1. The lowest BCUT2D eigenvalue weighted by Gasteiger charge is -2.25. The third-order valence-electron chi connectivity index (χ3n) is 6.43. The average Bonchev–Trinajstić information content (AvgIpc) is 2.92. The van der Waals surface area contributed by atoms with Crippen LogP contribution in [0.25, 0.3) is 0 Å². The number of phenols is 1. The van der Waals surface area contributed by atoms with Crippen molar-refractivity contribution in [1.29, 1.82) is 0 Å². The fourth-order valence-corrected chi connectivity index (χ4v) is 5.80. The van der Waals surface area contributed by atoms with Crippen LogP contribution in [0.3, 0.4) is 0 Å². The van der Waals surface area contributed by atoms with Gasteiger partial charge in [-0.1, -0.05) is 66.2 Å². The van der Waals surface area contributed by atoms with Gasteiger partial charge in [-0.25, -0.2) is 13.2 Å². The molecule has 9 heteroatoms. The molecule has 39 heavy (non-hydrogen) atoms. The maximum atomic E-state index is 13.0. The van der Waals surface area contributed by atoms with Crippen molar-refractivity contribution < 1.29 is 28.5 Å². The van der Waals surface area contributed by atoms with Crippen LogP contribution < -0.4 is 5.32 Å². The minimum atomic E-state index is -3.95. The Morgan fingerprint density at radius 2 is 1.54 bits per heavy atom. The number of aliphatic hydroxyl groups excluding tert-OH is 1. The number of sulfone groups is 1. The fraction of sp³-hybridized carbons (Fsp3) is 0.167. The van der Waals surface area contributed by atoms with Crippen molar-refractivity contribution in [2.45, 2.75) is 34.8 Å². The molecule has 0 aromatic heterocycles. The molecule has 0 saturated heterocycles. The second-order valence-corrected chi connectivity index (χ2v) is 11.5. The van der Waals surface area contributed by atoms with E-state index in [0.29, 0.717) is 30.0 Å². The van der Waals surface area contributed by atoms with Crippen molar-refractivity contribution in [2.75, 3.05) is 6.54 Å². The van der Waals surface area contributed by atoms with Gasteiger partial charge in [0.15, 0.2) is 0 Å². The van der Waals surface area contributed by atoms with Crippen molar-refractivity contribution in [3.8, 4) is 5.75 Å². The second-order valence-electron chi connectivity index (χ2n) is 9.13. The molecule has 4 N–H and O–H groups in total. The third-order valence-corrected chi connectivity index (χ3v) is 8.44. The summed E-state index contributed by atoms with van der Waals surface area (Å²) in [5, 5.41) is 34.1. The Balaban J connectivity index is 1.44. The van der Waals surface area contributed by atoms with Gasteiger partial charge in [0.05, 0.1) is 15.9 Å². The molecule has 0 aliphatic heterocycles. The van der Waals surface area contributed by atoms with Gasteiger partial charge in [0, 0.05) is 11.1 Å². The minimum Gasteiger partial charge on any atom is -0.507 e. The highest BCUT2D eigenvalue weighted by Crippen LogP contribution is 2.27. The lowest BCUT2D eigenvalue weighted by atomic mass is 9.96. The molecular weight excluding hydrogens is 538 g/mol. The smallest absolute Gasteiger partial charge is 0.339 e. The molecule has 4 aromatic carbocycles. The van der Waals surface area contributed by atoms with Gasteiger partial charge < -0.3 is 20.6 Å². The van der Waals surface area contributed by atoms with Gasteiger partial charge in [-0.15, -0.1) is 0 Å². The summed E-state index contributed by atoms with van der Waals surface area (Å²) >= 11 is 6.14. The van der Waals surface area contributed by atoms with Gasteiger partial charge in [-0.3, -0.25) is 0 Å². The highest BCUT2D eigenvalue weighted by atomic mass is 35.5. The Bertz CT molecular complexity index is 1540. The van der Waals surface area contributed by atoms with Gasteiger partial charge in [0.1, 0.15) is 11.3 Å². The number of benzene rings is 4. The first kappa shape index (κ1) is 28.3. The van der Waals surface area contributed by atoms with E-state index < -0.39 is 27.7 Å². The lowest BCUT2D eigenvalue weighted by molar-refractivity contribution is 0.0693. The summed E-state index contributed by atoms with van der Waals surface area (Å²) in [5.41, 5.74) is 2.31. The Morgan fingerprint density at radius 1 is 0.846 bits per heavy atom. The van der Waals surface area contributed by atoms with Crippen LogP contribution in [0.1, 0.15) is 33.2 Å². The van der Waals surface area contributed by atoms with Crippen LogP contribution >= 0.6 is 11.6 Å². The van der Waals surface area contributed by atoms with E-state index in [4.69, 9.17) is 16.7 Å². The zero-order valence-corrected chi connectivity index (χ0v) is 22.4. The fourth-order valence-electron chi connectivity index (χ4n) is 4.32. The van der Waals surface area contributed by atoms with Crippen LogP contribution in [-0.4, -0.2) is 42.3 Å². The molecular formula is C30H28ClNO6S. The van der Waals surface area contributed by atoms with Crippen LogP contribution in [0.2, 0.25) is 5.02 Å². The van der Waals surface area contributed by atoms with E-state index in [9.17, 15) is 23.4 Å². The van der Waals surface area contributed by atoms with E-state index in [1.165, 1.54) is 12.1 Å². The highest BCUT2D eigenvalue weighted by Gasteiger charge is 2.22. The number of hydrogen-bond donors (Lipinski definition) is 4. The van der Waals surface area contributed by atoms with Crippen LogP contribution in [0.4, 0.5) is 0 Å². The molecule has 2 atom stereocenters. The standard InChI is InChI=1S/C30H28ClNO6S/c31-23-8-4-7-22(18-23)29(34)27(17-21-5-2-1-3-6-21)32-16-15-20-9-11-24(12-10-20)39(37,38)25-13-14-26(30(35)36)28(33)19-25/h1-14,18-19,27,29,32-34H,15-17H2,(H,35,36)/t27?,29-/m1/s1. The van der Waals surface area contributed by atoms with Gasteiger partial charge in [0.2, 0.25) is 9.84 Å². The zero-order valence-electron chi connectivity index (χ0n) is 20.9. The Kier molecular flexibility index (Phi) is 9.04.